The molecular weight excluding hydrogens is 469 g/mol. The van der Waals surface area contributed by atoms with Crippen molar-refractivity contribution >= 4 is 35.8 Å². The molecule has 2 aromatic heterocycles. The van der Waals surface area contributed by atoms with Crippen molar-refractivity contribution in [3.05, 3.63) is 53.7 Å². The third-order valence-electron chi connectivity index (χ3n) is 4.71. The molecule has 1 N–H and O–H groups in total. The predicted molar refractivity (Wildman–Crippen MR) is 120 cm³/mol. The lowest BCUT2D eigenvalue weighted by molar-refractivity contribution is 0.0657. The van der Waals surface area contributed by atoms with Gasteiger partial charge in [-0.25, -0.2) is 0 Å². The van der Waals surface area contributed by atoms with Gasteiger partial charge in [0, 0.05) is 51.7 Å². The first kappa shape index (κ1) is 22.2. The van der Waals surface area contributed by atoms with Crippen LogP contribution >= 0.6 is 24.0 Å². The van der Waals surface area contributed by atoms with E-state index in [0.717, 1.165) is 38.6 Å². The summed E-state index contributed by atoms with van der Waals surface area (Å²) in [5.74, 6) is 1.26. The summed E-state index contributed by atoms with van der Waals surface area (Å²) in [6, 6.07) is 5.50. The van der Waals surface area contributed by atoms with Crippen LogP contribution in [-0.4, -0.2) is 65.9 Å². The van der Waals surface area contributed by atoms with Gasteiger partial charge in [-0.1, -0.05) is 0 Å². The molecule has 0 aliphatic carbocycles. The summed E-state index contributed by atoms with van der Waals surface area (Å²) >= 11 is 0. The highest BCUT2D eigenvalue weighted by Gasteiger charge is 2.25. The predicted octanol–water partition coefficient (Wildman–Crippen LogP) is 2.57. The van der Waals surface area contributed by atoms with E-state index < -0.39 is 0 Å². The van der Waals surface area contributed by atoms with Gasteiger partial charge in [-0.2, -0.15) is 0 Å². The number of nitrogens with zero attached hydrogens (tertiary/aromatic N) is 4. The van der Waals surface area contributed by atoms with Gasteiger partial charge in [0.25, 0.3) is 5.91 Å². The number of rotatable bonds is 5. The number of carbonyl (C=O) groups is 1. The van der Waals surface area contributed by atoms with Crippen LogP contribution in [0, 0.1) is 6.92 Å². The Morgan fingerprint density at radius 1 is 1.25 bits per heavy atom. The SMILES string of the molecule is CCNC(=NCCc1ccncc1C)N1CCN(C(=O)c2ccco2)CC1.I. The fraction of sp³-hybridized carbons (Fsp3) is 0.450. The normalized spacial score (nSPS) is 14.6. The van der Waals surface area contributed by atoms with Gasteiger partial charge in [0.15, 0.2) is 11.7 Å². The third-order valence-corrected chi connectivity index (χ3v) is 4.71. The van der Waals surface area contributed by atoms with E-state index >= 15 is 0 Å². The highest BCUT2D eigenvalue weighted by atomic mass is 127. The summed E-state index contributed by atoms with van der Waals surface area (Å²) in [5.41, 5.74) is 2.47. The first-order chi connectivity index (χ1) is 13.2. The van der Waals surface area contributed by atoms with Gasteiger partial charge in [0.05, 0.1) is 6.26 Å². The van der Waals surface area contributed by atoms with Crippen LogP contribution in [0.4, 0.5) is 0 Å². The maximum atomic E-state index is 12.4. The van der Waals surface area contributed by atoms with Gasteiger partial charge in [0.2, 0.25) is 0 Å². The van der Waals surface area contributed by atoms with Crippen LogP contribution in [0.1, 0.15) is 28.6 Å². The summed E-state index contributed by atoms with van der Waals surface area (Å²) in [6.45, 7) is 8.52. The van der Waals surface area contributed by atoms with Crippen molar-refractivity contribution in [3.63, 3.8) is 0 Å². The molecule has 0 radical (unpaired) electrons. The number of guanidine groups is 1. The highest BCUT2D eigenvalue weighted by molar-refractivity contribution is 14.0. The molecule has 1 aliphatic heterocycles. The van der Waals surface area contributed by atoms with Crippen molar-refractivity contribution in [1.29, 1.82) is 0 Å². The van der Waals surface area contributed by atoms with Gasteiger partial charge in [0.1, 0.15) is 0 Å². The fourth-order valence-electron chi connectivity index (χ4n) is 3.17. The molecule has 28 heavy (non-hydrogen) atoms. The van der Waals surface area contributed by atoms with Crippen LogP contribution in [0.15, 0.2) is 46.3 Å². The van der Waals surface area contributed by atoms with Gasteiger partial charge in [-0.15, -0.1) is 24.0 Å². The van der Waals surface area contributed by atoms with Crippen LogP contribution in [0.5, 0.6) is 0 Å². The molecule has 0 spiro atoms. The Kier molecular flexibility index (Phi) is 8.75. The van der Waals surface area contributed by atoms with Gasteiger partial charge in [-0.05, 0) is 49.6 Å². The maximum Gasteiger partial charge on any atom is 0.289 e. The van der Waals surface area contributed by atoms with E-state index in [0.29, 0.717) is 18.8 Å². The number of piperazine rings is 1. The number of carbonyl (C=O) groups excluding carboxylic acids is 1. The average molecular weight is 497 g/mol. The molecular formula is C20H28IN5O2. The van der Waals surface area contributed by atoms with Gasteiger partial charge < -0.3 is 19.5 Å². The number of pyridine rings is 1. The summed E-state index contributed by atoms with van der Waals surface area (Å²) in [7, 11) is 0. The molecule has 0 atom stereocenters. The molecule has 3 heterocycles. The van der Waals surface area contributed by atoms with E-state index in [-0.39, 0.29) is 29.9 Å². The van der Waals surface area contributed by atoms with Gasteiger partial charge in [-0.3, -0.25) is 14.8 Å². The van der Waals surface area contributed by atoms with Crippen LogP contribution in [0.25, 0.3) is 0 Å². The second-order valence-corrected chi connectivity index (χ2v) is 6.54. The zero-order valence-corrected chi connectivity index (χ0v) is 18.8. The Morgan fingerprint density at radius 3 is 2.64 bits per heavy atom. The lowest BCUT2D eigenvalue weighted by Gasteiger charge is -2.36. The smallest absolute Gasteiger partial charge is 0.289 e. The summed E-state index contributed by atoms with van der Waals surface area (Å²) in [6.07, 6.45) is 6.14. The second-order valence-electron chi connectivity index (χ2n) is 6.54. The zero-order valence-electron chi connectivity index (χ0n) is 16.4. The summed E-state index contributed by atoms with van der Waals surface area (Å²) in [4.78, 5) is 25.4. The molecule has 0 aromatic carbocycles. The monoisotopic (exact) mass is 497 g/mol. The topological polar surface area (TPSA) is 74.0 Å². The highest BCUT2D eigenvalue weighted by Crippen LogP contribution is 2.10. The molecule has 7 nitrogen and oxygen atoms in total. The zero-order chi connectivity index (χ0) is 19.1. The number of halogens is 1. The Morgan fingerprint density at radius 2 is 2.00 bits per heavy atom. The Bertz CT molecular complexity index is 771. The lowest BCUT2D eigenvalue weighted by atomic mass is 10.1. The molecule has 2 aromatic rings. The number of nitrogens with one attached hydrogen (secondary N) is 1. The number of hydrogen-bond acceptors (Lipinski definition) is 4. The molecule has 0 unspecified atom stereocenters. The number of furan rings is 1. The van der Waals surface area contributed by atoms with Crippen LogP contribution < -0.4 is 5.32 Å². The van der Waals surface area contributed by atoms with Crippen molar-refractivity contribution in [2.24, 2.45) is 4.99 Å². The minimum atomic E-state index is -0.0465. The maximum absolute atomic E-state index is 12.4. The number of amides is 1. The molecule has 1 aliphatic rings. The second kappa shape index (κ2) is 11.0. The van der Waals surface area contributed by atoms with E-state index in [9.17, 15) is 4.79 Å². The van der Waals surface area contributed by atoms with Crippen molar-refractivity contribution in [2.45, 2.75) is 20.3 Å². The molecule has 1 saturated heterocycles. The Balaban J connectivity index is 0.00000280. The summed E-state index contributed by atoms with van der Waals surface area (Å²) in [5, 5.41) is 3.37. The molecule has 8 heteroatoms. The first-order valence-corrected chi connectivity index (χ1v) is 9.44. The largest absolute Gasteiger partial charge is 0.459 e. The van der Waals surface area contributed by atoms with E-state index in [1.807, 2.05) is 17.3 Å². The van der Waals surface area contributed by atoms with Crippen molar-refractivity contribution in [2.75, 3.05) is 39.3 Å². The lowest BCUT2D eigenvalue weighted by Crippen LogP contribution is -2.53. The fourth-order valence-corrected chi connectivity index (χ4v) is 3.17. The molecule has 3 rings (SSSR count). The molecule has 0 bridgehead atoms. The average Bonchev–Trinajstić information content (AvgIpc) is 3.23. The number of aryl methyl sites for hydroxylation is 1. The third kappa shape index (κ3) is 5.70. The van der Waals surface area contributed by atoms with E-state index in [2.05, 4.69) is 35.1 Å². The Labute approximate surface area is 183 Å². The number of hydrogen-bond donors (Lipinski definition) is 1. The van der Waals surface area contributed by atoms with Crippen molar-refractivity contribution in [1.82, 2.24) is 20.1 Å². The quantitative estimate of drug-likeness (QED) is 0.391. The van der Waals surface area contributed by atoms with Crippen LogP contribution in [-0.2, 0) is 6.42 Å². The van der Waals surface area contributed by atoms with E-state index in [1.165, 1.54) is 17.4 Å². The first-order valence-electron chi connectivity index (χ1n) is 9.44. The Hall–Kier alpha value is -2.10. The minimum Gasteiger partial charge on any atom is -0.459 e. The molecule has 1 fully saturated rings. The van der Waals surface area contributed by atoms with Crippen LogP contribution in [0.2, 0.25) is 0 Å². The van der Waals surface area contributed by atoms with Crippen molar-refractivity contribution in [3.8, 4) is 0 Å². The standard InChI is InChI=1S/C20H27N5O2.HI/c1-3-22-20(23-9-7-17-6-8-21-15-16(17)2)25-12-10-24(11-13-25)19(26)18-5-4-14-27-18;/h4-6,8,14-15H,3,7,9-13H2,1-2H3,(H,22,23);1H. The molecule has 0 saturated carbocycles. The van der Waals surface area contributed by atoms with Crippen LogP contribution in [0.3, 0.4) is 0 Å². The summed E-state index contributed by atoms with van der Waals surface area (Å²) < 4.78 is 5.22. The van der Waals surface area contributed by atoms with E-state index in [1.54, 1.807) is 12.1 Å². The van der Waals surface area contributed by atoms with Gasteiger partial charge >= 0.3 is 0 Å². The minimum absolute atomic E-state index is 0. The van der Waals surface area contributed by atoms with E-state index in [4.69, 9.17) is 9.41 Å². The number of aliphatic imine (C=N–C) groups is 1. The molecule has 1 amide bonds. The number of aromatic nitrogens is 1. The molecule has 152 valence electrons. The van der Waals surface area contributed by atoms with Crippen molar-refractivity contribution < 1.29 is 9.21 Å².